The molecule has 0 amide bonds. The van der Waals surface area contributed by atoms with Crippen LogP contribution in [0.3, 0.4) is 0 Å². The Kier molecular flexibility index (Phi) is 5.81. The third-order valence-electron chi connectivity index (χ3n) is 5.03. The molecule has 29 heavy (non-hydrogen) atoms. The van der Waals surface area contributed by atoms with Crippen LogP contribution in [0.1, 0.15) is 31.0 Å². The maximum absolute atomic E-state index is 6.30. The first-order chi connectivity index (χ1) is 14.2. The topological polar surface area (TPSA) is 12.5 Å². The van der Waals surface area contributed by atoms with E-state index < -0.39 is 0 Å². The third-order valence-corrected chi connectivity index (χ3v) is 5.03. The highest BCUT2D eigenvalue weighted by atomic mass is 16.5. The molecule has 2 atom stereocenters. The van der Waals surface area contributed by atoms with Crippen LogP contribution in [0, 0.1) is 0 Å². The first kappa shape index (κ1) is 19.1. The van der Waals surface area contributed by atoms with Crippen molar-refractivity contribution in [1.29, 1.82) is 0 Å². The van der Waals surface area contributed by atoms with E-state index in [2.05, 4.69) is 122 Å². The van der Waals surface area contributed by atoms with E-state index in [0.717, 1.165) is 5.76 Å². The molecule has 0 radical (unpaired) electrons. The second kappa shape index (κ2) is 8.83. The van der Waals surface area contributed by atoms with Crippen LogP contribution in [-0.4, -0.2) is 12.1 Å². The lowest BCUT2D eigenvalue weighted by Crippen LogP contribution is -2.32. The van der Waals surface area contributed by atoms with Gasteiger partial charge in [-0.3, -0.25) is 0 Å². The van der Waals surface area contributed by atoms with E-state index >= 15 is 0 Å². The number of rotatable bonds is 6. The van der Waals surface area contributed by atoms with Gasteiger partial charge in [0.05, 0.1) is 12.1 Å². The third kappa shape index (κ3) is 4.43. The summed E-state index contributed by atoms with van der Waals surface area (Å²) < 4.78 is 6.30. The van der Waals surface area contributed by atoms with Crippen molar-refractivity contribution in [3.8, 4) is 0 Å². The Bertz CT molecular complexity index is 961. The molecule has 2 heteroatoms. The minimum Gasteiger partial charge on any atom is -0.493 e. The van der Waals surface area contributed by atoms with Gasteiger partial charge in [0, 0.05) is 5.69 Å². The Morgan fingerprint density at radius 2 is 1.38 bits per heavy atom. The average Bonchev–Trinajstić information content (AvgIpc) is 3.11. The van der Waals surface area contributed by atoms with Crippen LogP contribution in [0.15, 0.2) is 109 Å². The molecule has 1 heterocycles. The molecule has 0 aromatic heterocycles. The summed E-state index contributed by atoms with van der Waals surface area (Å²) in [7, 11) is 0. The molecule has 1 aliphatic rings. The summed E-state index contributed by atoms with van der Waals surface area (Å²) in [5.74, 6) is 1.01. The van der Waals surface area contributed by atoms with E-state index in [9.17, 15) is 0 Å². The van der Waals surface area contributed by atoms with E-state index in [1.54, 1.807) is 0 Å². The minimum atomic E-state index is 0.0476. The number of hydrogen-bond donors (Lipinski definition) is 0. The lowest BCUT2D eigenvalue weighted by Gasteiger charge is -2.33. The lowest BCUT2D eigenvalue weighted by molar-refractivity contribution is 0.136. The molecular weight excluding hydrogens is 354 g/mol. The molecule has 2 unspecified atom stereocenters. The molecule has 146 valence electrons. The van der Waals surface area contributed by atoms with Gasteiger partial charge in [0.1, 0.15) is 11.8 Å². The van der Waals surface area contributed by atoms with Crippen LogP contribution in [-0.2, 0) is 4.74 Å². The zero-order chi connectivity index (χ0) is 20.1. The molecular formula is C27H27NO. The van der Waals surface area contributed by atoms with Gasteiger partial charge in [-0.25, -0.2) is 0 Å². The van der Waals surface area contributed by atoms with E-state index in [0.29, 0.717) is 0 Å². The maximum Gasteiger partial charge on any atom is 0.122 e. The average molecular weight is 382 g/mol. The number of nitrogens with zero attached hydrogens (tertiary/aromatic N) is 1. The summed E-state index contributed by atoms with van der Waals surface area (Å²) in [4.78, 5) is 2.44. The van der Waals surface area contributed by atoms with Gasteiger partial charge in [-0.15, -0.1) is 0 Å². The van der Waals surface area contributed by atoms with Crippen molar-refractivity contribution >= 4 is 11.8 Å². The van der Waals surface area contributed by atoms with Gasteiger partial charge in [-0.2, -0.15) is 0 Å². The fourth-order valence-corrected chi connectivity index (χ4v) is 3.83. The predicted octanol–water partition coefficient (Wildman–Crippen LogP) is 6.64. The first-order valence-electron chi connectivity index (χ1n) is 10.2. The predicted molar refractivity (Wildman–Crippen MR) is 122 cm³/mol. The summed E-state index contributed by atoms with van der Waals surface area (Å²) in [6.45, 7) is 4.17. The Balaban J connectivity index is 1.77. The second-order valence-electron chi connectivity index (χ2n) is 7.55. The van der Waals surface area contributed by atoms with Crippen molar-refractivity contribution in [2.24, 2.45) is 0 Å². The SMILES string of the molecule is CC(C)OC1=CC(/C=C\c2ccccc2)N(c2ccccc2)C1c1ccccc1. The van der Waals surface area contributed by atoms with Gasteiger partial charge < -0.3 is 9.64 Å². The summed E-state index contributed by atoms with van der Waals surface area (Å²) in [5.41, 5.74) is 3.62. The van der Waals surface area contributed by atoms with Crippen LogP contribution in [0.4, 0.5) is 5.69 Å². The molecule has 0 fully saturated rings. The van der Waals surface area contributed by atoms with E-state index in [1.165, 1.54) is 16.8 Å². The number of para-hydroxylation sites is 1. The smallest absolute Gasteiger partial charge is 0.122 e. The fourth-order valence-electron chi connectivity index (χ4n) is 3.83. The molecule has 3 aromatic rings. The van der Waals surface area contributed by atoms with Gasteiger partial charge in [0.25, 0.3) is 0 Å². The van der Waals surface area contributed by atoms with Crippen molar-refractivity contribution in [2.45, 2.75) is 32.0 Å². The quantitative estimate of drug-likeness (QED) is 0.474. The number of hydrogen-bond acceptors (Lipinski definition) is 2. The molecule has 4 rings (SSSR count). The zero-order valence-electron chi connectivity index (χ0n) is 17.0. The van der Waals surface area contributed by atoms with Crippen LogP contribution < -0.4 is 4.90 Å². The normalized spacial score (nSPS) is 19.0. The van der Waals surface area contributed by atoms with Crippen molar-refractivity contribution in [2.75, 3.05) is 4.90 Å². The molecule has 1 aliphatic heterocycles. The van der Waals surface area contributed by atoms with E-state index in [-0.39, 0.29) is 18.2 Å². The van der Waals surface area contributed by atoms with Crippen LogP contribution in [0.5, 0.6) is 0 Å². The molecule has 2 nitrogen and oxygen atoms in total. The summed E-state index contributed by atoms with van der Waals surface area (Å²) >= 11 is 0. The Hall–Kier alpha value is -3.26. The summed E-state index contributed by atoms with van der Waals surface area (Å²) in [6, 6.07) is 31.8. The zero-order valence-corrected chi connectivity index (χ0v) is 17.0. The first-order valence-corrected chi connectivity index (χ1v) is 10.2. The van der Waals surface area contributed by atoms with Crippen LogP contribution in [0.2, 0.25) is 0 Å². The summed E-state index contributed by atoms with van der Waals surface area (Å²) in [6.07, 6.45) is 6.83. The van der Waals surface area contributed by atoms with Crippen molar-refractivity contribution in [1.82, 2.24) is 0 Å². The van der Waals surface area contributed by atoms with Gasteiger partial charge in [0.15, 0.2) is 0 Å². The standard InChI is InChI=1S/C27H27NO/c1-21(2)29-26-20-25(19-18-22-12-6-3-7-13-22)28(24-16-10-5-11-17-24)27(26)23-14-8-4-9-15-23/h3-21,25,27H,1-2H3/b19-18-. The van der Waals surface area contributed by atoms with Crippen LogP contribution in [0.25, 0.3) is 6.08 Å². The molecule has 0 bridgehead atoms. The van der Waals surface area contributed by atoms with Crippen LogP contribution >= 0.6 is 0 Å². The maximum atomic E-state index is 6.30. The summed E-state index contributed by atoms with van der Waals surface area (Å²) in [5, 5.41) is 0. The van der Waals surface area contributed by atoms with E-state index in [1.807, 2.05) is 6.07 Å². The Labute approximate surface area is 173 Å². The molecule has 0 saturated heterocycles. The molecule has 0 saturated carbocycles. The second-order valence-corrected chi connectivity index (χ2v) is 7.55. The Morgan fingerprint density at radius 3 is 2.00 bits per heavy atom. The van der Waals surface area contributed by atoms with Crippen molar-refractivity contribution in [3.05, 3.63) is 120 Å². The fraction of sp³-hybridized carbons (Fsp3) is 0.185. The highest BCUT2D eigenvalue weighted by Gasteiger charge is 2.36. The largest absolute Gasteiger partial charge is 0.493 e. The number of anilines is 1. The van der Waals surface area contributed by atoms with Gasteiger partial charge in [0.2, 0.25) is 0 Å². The number of benzene rings is 3. The highest BCUT2D eigenvalue weighted by Crippen LogP contribution is 2.41. The molecule has 3 aromatic carbocycles. The van der Waals surface area contributed by atoms with Gasteiger partial charge >= 0.3 is 0 Å². The van der Waals surface area contributed by atoms with Gasteiger partial charge in [-0.05, 0) is 43.2 Å². The highest BCUT2D eigenvalue weighted by molar-refractivity contribution is 5.60. The number of ether oxygens (including phenoxy) is 1. The molecule has 0 aliphatic carbocycles. The van der Waals surface area contributed by atoms with Crippen molar-refractivity contribution < 1.29 is 4.74 Å². The Morgan fingerprint density at radius 1 is 0.793 bits per heavy atom. The molecule has 0 spiro atoms. The lowest BCUT2D eigenvalue weighted by atomic mass is 10.0. The molecule has 0 N–H and O–H groups in total. The van der Waals surface area contributed by atoms with E-state index in [4.69, 9.17) is 4.74 Å². The monoisotopic (exact) mass is 381 g/mol. The van der Waals surface area contributed by atoms with Gasteiger partial charge in [-0.1, -0.05) is 91.0 Å². The minimum absolute atomic E-state index is 0.0476. The van der Waals surface area contributed by atoms with Crippen molar-refractivity contribution in [3.63, 3.8) is 0 Å².